The summed E-state index contributed by atoms with van der Waals surface area (Å²) in [5, 5.41) is 11.4. The van der Waals surface area contributed by atoms with E-state index in [1.54, 1.807) is 18.2 Å². The topological polar surface area (TPSA) is 52.9 Å². The van der Waals surface area contributed by atoms with E-state index in [9.17, 15) is 9.18 Å². The average Bonchev–Trinajstić information content (AvgIpc) is 2.28. The highest BCUT2D eigenvalue weighted by atomic mass is 19.1. The number of nitriles is 1. The Bertz CT molecular complexity index is 437. The number of benzene rings is 1. The monoisotopic (exact) mass is 234 g/mol. The molecule has 17 heavy (non-hydrogen) atoms. The second kappa shape index (κ2) is 6.00. The standard InChI is InChI=1S/C13H15FN2O/c1-9(2)12(8-15)16-13(17)7-10-5-3-4-6-11(10)14/h3-6,9,12H,7H2,1-2H3,(H,16,17). The minimum Gasteiger partial charge on any atom is -0.340 e. The fraction of sp³-hybridized carbons (Fsp3) is 0.385. The summed E-state index contributed by atoms with van der Waals surface area (Å²) in [5.41, 5.74) is 0.338. The zero-order valence-electron chi connectivity index (χ0n) is 9.90. The number of rotatable bonds is 4. The van der Waals surface area contributed by atoms with Crippen LogP contribution >= 0.6 is 0 Å². The predicted octanol–water partition coefficient (Wildman–Crippen LogP) is 2.03. The molecule has 1 aromatic rings. The predicted molar refractivity (Wildman–Crippen MR) is 62.5 cm³/mol. The number of hydrogen-bond donors (Lipinski definition) is 1. The van der Waals surface area contributed by atoms with Crippen LogP contribution in [0, 0.1) is 23.1 Å². The second-order valence-electron chi connectivity index (χ2n) is 4.19. The molecule has 1 rings (SSSR count). The maximum atomic E-state index is 13.3. The van der Waals surface area contributed by atoms with Crippen LogP contribution in [0.4, 0.5) is 4.39 Å². The molecule has 0 aliphatic carbocycles. The quantitative estimate of drug-likeness (QED) is 0.866. The first-order valence-corrected chi connectivity index (χ1v) is 5.47. The lowest BCUT2D eigenvalue weighted by Crippen LogP contribution is -2.38. The maximum Gasteiger partial charge on any atom is 0.225 e. The molecule has 1 atom stereocenters. The molecule has 0 saturated heterocycles. The molecule has 0 aliphatic heterocycles. The van der Waals surface area contributed by atoms with Gasteiger partial charge in [-0.25, -0.2) is 4.39 Å². The summed E-state index contributed by atoms with van der Waals surface area (Å²) in [5.74, 6) is -0.708. The smallest absolute Gasteiger partial charge is 0.225 e. The summed E-state index contributed by atoms with van der Waals surface area (Å²) in [6.07, 6.45) is -0.0441. The van der Waals surface area contributed by atoms with E-state index in [2.05, 4.69) is 5.32 Å². The van der Waals surface area contributed by atoms with E-state index in [1.807, 2.05) is 19.9 Å². The van der Waals surface area contributed by atoms with Crippen molar-refractivity contribution in [3.63, 3.8) is 0 Å². The molecule has 0 fully saturated rings. The molecule has 3 nitrogen and oxygen atoms in total. The van der Waals surface area contributed by atoms with Gasteiger partial charge in [0.25, 0.3) is 0 Å². The Morgan fingerprint density at radius 2 is 2.12 bits per heavy atom. The van der Waals surface area contributed by atoms with Gasteiger partial charge in [0, 0.05) is 0 Å². The van der Waals surface area contributed by atoms with Crippen molar-refractivity contribution in [2.45, 2.75) is 26.3 Å². The van der Waals surface area contributed by atoms with Crippen LogP contribution in [-0.4, -0.2) is 11.9 Å². The third kappa shape index (κ3) is 3.87. The van der Waals surface area contributed by atoms with Gasteiger partial charge in [-0.1, -0.05) is 32.0 Å². The van der Waals surface area contributed by atoms with Gasteiger partial charge in [0.05, 0.1) is 12.5 Å². The number of nitrogens with one attached hydrogen (secondary N) is 1. The van der Waals surface area contributed by atoms with Crippen molar-refractivity contribution < 1.29 is 9.18 Å². The van der Waals surface area contributed by atoms with Gasteiger partial charge in [-0.15, -0.1) is 0 Å². The normalized spacial score (nSPS) is 11.9. The van der Waals surface area contributed by atoms with Crippen LogP contribution in [0.2, 0.25) is 0 Å². The van der Waals surface area contributed by atoms with E-state index in [4.69, 9.17) is 5.26 Å². The molecule has 0 aromatic heterocycles. The van der Waals surface area contributed by atoms with Crippen LogP contribution < -0.4 is 5.32 Å². The van der Waals surface area contributed by atoms with Crippen LogP contribution in [-0.2, 0) is 11.2 Å². The lowest BCUT2D eigenvalue weighted by atomic mass is 10.1. The van der Waals surface area contributed by atoms with Crippen molar-refractivity contribution in [3.8, 4) is 6.07 Å². The average molecular weight is 234 g/mol. The fourth-order valence-electron chi connectivity index (χ4n) is 1.39. The van der Waals surface area contributed by atoms with E-state index < -0.39 is 11.9 Å². The minimum atomic E-state index is -0.533. The van der Waals surface area contributed by atoms with Gasteiger partial charge >= 0.3 is 0 Å². The fourth-order valence-corrected chi connectivity index (χ4v) is 1.39. The van der Waals surface area contributed by atoms with Gasteiger partial charge in [0.2, 0.25) is 5.91 Å². The number of halogens is 1. The summed E-state index contributed by atoms with van der Waals surface area (Å²) in [4.78, 5) is 11.6. The van der Waals surface area contributed by atoms with Crippen LogP contribution in [0.25, 0.3) is 0 Å². The summed E-state index contributed by atoms with van der Waals surface area (Å²) < 4.78 is 13.3. The molecule has 4 heteroatoms. The summed E-state index contributed by atoms with van der Waals surface area (Å²) in [6, 6.07) is 7.60. The molecule has 1 unspecified atom stereocenters. The number of carbonyl (C=O) groups excluding carboxylic acids is 1. The van der Waals surface area contributed by atoms with Crippen molar-refractivity contribution in [3.05, 3.63) is 35.6 Å². The molecule has 1 N–H and O–H groups in total. The molecule has 0 bridgehead atoms. The van der Waals surface area contributed by atoms with E-state index in [-0.39, 0.29) is 18.2 Å². The van der Waals surface area contributed by atoms with Gasteiger partial charge in [-0.05, 0) is 17.5 Å². The van der Waals surface area contributed by atoms with Crippen LogP contribution in [0.3, 0.4) is 0 Å². The first-order valence-electron chi connectivity index (χ1n) is 5.47. The van der Waals surface area contributed by atoms with Crippen molar-refractivity contribution in [2.24, 2.45) is 5.92 Å². The highest BCUT2D eigenvalue weighted by Crippen LogP contribution is 2.07. The van der Waals surface area contributed by atoms with E-state index in [0.29, 0.717) is 5.56 Å². The van der Waals surface area contributed by atoms with Crippen molar-refractivity contribution in [1.29, 1.82) is 5.26 Å². The third-order valence-corrected chi connectivity index (χ3v) is 2.43. The molecule has 90 valence electrons. The first-order chi connectivity index (χ1) is 8.04. The number of amides is 1. The first kappa shape index (κ1) is 13.2. The summed E-state index contributed by atoms with van der Waals surface area (Å²) in [7, 11) is 0. The molecule has 0 radical (unpaired) electrons. The van der Waals surface area contributed by atoms with Crippen molar-refractivity contribution in [1.82, 2.24) is 5.32 Å². The Kier molecular flexibility index (Phi) is 4.65. The Hall–Kier alpha value is -1.89. The summed E-state index contributed by atoms with van der Waals surface area (Å²) in [6.45, 7) is 3.69. The third-order valence-electron chi connectivity index (χ3n) is 2.43. The number of carbonyl (C=O) groups is 1. The van der Waals surface area contributed by atoms with Crippen LogP contribution in [0.5, 0.6) is 0 Å². The van der Waals surface area contributed by atoms with E-state index >= 15 is 0 Å². The van der Waals surface area contributed by atoms with Gasteiger partial charge in [0.1, 0.15) is 11.9 Å². The molecule has 0 spiro atoms. The van der Waals surface area contributed by atoms with Gasteiger partial charge in [-0.2, -0.15) is 5.26 Å². The van der Waals surface area contributed by atoms with Gasteiger partial charge in [-0.3, -0.25) is 4.79 Å². The molecule has 0 aliphatic rings. The Morgan fingerprint density at radius 1 is 1.47 bits per heavy atom. The molecule has 0 saturated carbocycles. The Balaban J connectivity index is 2.62. The van der Waals surface area contributed by atoms with Crippen LogP contribution in [0.15, 0.2) is 24.3 Å². The molecule has 1 amide bonds. The van der Waals surface area contributed by atoms with E-state index in [1.165, 1.54) is 6.07 Å². The van der Waals surface area contributed by atoms with Crippen molar-refractivity contribution >= 4 is 5.91 Å². The lowest BCUT2D eigenvalue weighted by molar-refractivity contribution is -0.121. The lowest BCUT2D eigenvalue weighted by Gasteiger charge is -2.14. The zero-order valence-corrected chi connectivity index (χ0v) is 9.90. The number of nitrogens with zero attached hydrogens (tertiary/aromatic N) is 1. The highest BCUT2D eigenvalue weighted by Gasteiger charge is 2.16. The largest absolute Gasteiger partial charge is 0.340 e. The molecular weight excluding hydrogens is 219 g/mol. The summed E-state index contributed by atoms with van der Waals surface area (Å²) >= 11 is 0. The van der Waals surface area contributed by atoms with Crippen LogP contribution in [0.1, 0.15) is 19.4 Å². The zero-order chi connectivity index (χ0) is 12.8. The highest BCUT2D eigenvalue weighted by molar-refractivity contribution is 5.79. The van der Waals surface area contributed by atoms with Gasteiger partial charge in [0.15, 0.2) is 0 Å². The minimum absolute atomic E-state index is 0.0320. The molecule has 0 heterocycles. The number of hydrogen-bond acceptors (Lipinski definition) is 2. The SMILES string of the molecule is CC(C)C(C#N)NC(=O)Cc1ccccc1F. The molecule has 1 aromatic carbocycles. The Morgan fingerprint density at radius 3 is 2.65 bits per heavy atom. The van der Waals surface area contributed by atoms with Gasteiger partial charge < -0.3 is 5.32 Å². The maximum absolute atomic E-state index is 13.3. The molecular formula is C13H15FN2O. The Labute approximate surface area is 100 Å². The van der Waals surface area contributed by atoms with E-state index in [0.717, 1.165) is 0 Å². The second-order valence-corrected chi connectivity index (χ2v) is 4.19. The van der Waals surface area contributed by atoms with Crippen molar-refractivity contribution in [2.75, 3.05) is 0 Å².